The Labute approximate surface area is 170 Å². The fraction of sp³-hybridized carbons (Fsp3) is 0. The molecule has 0 bridgehead atoms. The molecule has 0 atom stereocenters. The number of halogens is 1. The quantitative estimate of drug-likeness (QED) is 0.518. The second-order valence-corrected chi connectivity index (χ2v) is 7.24. The van der Waals surface area contributed by atoms with Crippen LogP contribution in [0.3, 0.4) is 0 Å². The number of carbonyl (C=O) groups excluding carboxylic acids is 1. The molecule has 0 fully saturated rings. The number of amides is 1. The highest BCUT2D eigenvalue weighted by Crippen LogP contribution is 2.25. The number of hydrogen-bond acceptors (Lipinski definition) is 5. The lowest BCUT2D eigenvalue weighted by atomic mass is 10.3. The van der Waals surface area contributed by atoms with E-state index < -0.39 is 0 Å². The second-order valence-electron chi connectivity index (χ2n) is 5.76. The Morgan fingerprint density at radius 3 is 2.71 bits per heavy atom. The molecule has 4 aromatic rings. The first-order valence-electron chi connectivity index (χ1n) is 8.34. The first-order valence-corrected chi connectivity index (χ1v) is 9.54. The van der Waals surface area contributed by atoms with Crippen molar-refractivity contribution in [2.75, 3.05) is 5.32 Å². The molecule has 1 aromatic carbocycles. The Balaban J connectivity index is 1.47. The van der Waals surface area contributed by atoms with Gasteiger partial charge < -0.3 is 5.32 Å². The van der Waals surface area contributed by atoms with Crippen LogP contribution in [0.2, 0.25) is 5.02 Å². The number of anilines is 1. The van der Waals surface area contributed by atoms with Crippen LogP contribution in [0.15, 0.2) is 89.4 Å². The summed E-state index contributed by atoms with van der Waals surface area (Å²) in [5.74, 6) is -0.256. The van der Waals surface area contributed by atoms with Crippen LogP contribution in [0.5, 0.6) is 0 Å². The van der Waals surface area contributed by atoms with Gasteiger partial charge in [0, 0.05) is 29.3 Å². The molecule has 1 amide bonds. The lowest BCUT2D eigenvalue weighted by Gasteiger charge is -2.05. The van der Waals surface area contributed by atoms with Crippen LogP contribution in [0.1, 0.15) is 10.4 Å². The third kappa shape index (κ3) is 4.39. The number of aromatic nitrogens is 4. The zero-order valence-corrected chi connectivity index (χ0v) is 16.1. The van der Waals surface area contributed by atoms with Crippen molar-refractivity contribution in [2.45, 2.75) is 10.1 Å². The van der Waals surface area contributed by atoms with Gasteiger partial charge in [0.25, 0.3) is 5.91 Å². The molecule has 0 radical (unpaired) electrons. The number of carbonyl (C=O) groups is 1. The summed E-state index contributed by atoms with van der Waals surface area (Å²) >= 11 is 7.44. The molecule has 4 rings (SSSR count). The standard InChI is InChI=1S/C20H14ClN5OS/c21-15-4-3-5-17(10-15)26-13-14(12-24-26)20(27)25-16-7-9-23-19(11-16)28-18-6-1-2-8-22-18/h1-13H,(H,23,25,27). The minimum absolute atomic E-state index is 0.256. The maximum absolute atomic E-state index is 12.6. The first kappa shape index (κ1) is 18.2. The summed E-state index contributed by atoms with van der Waals surface area (Å²) < 4.78 is 1.61. The van der Waals surface area contributed by atoms with E-state index >= 15 is 0 Å². The van der Waals surface area contributed by atoms with Gasteiger partial charge in [-0.1, -0.05) is 35.5 Å². The largest absolute Gasteiger partial charge is 0.322 e. The van der Waals surface area contributed by atoms with Crippen molar-refractivity contribution < 1.29 is 4.79 Å². The van der Waals surface area contributed by atoms with Gasteiger partial charge in [-0.25, -0.2) is 14.6 Å². The molecule has 28 heavy (non-hydrogen) atoms. The number of benzene rings is 1. The summed E-state index contributed by atoms with van der Waals surface area (Å²) in [6, 6.07) is 16.5. The summed E-state index contributed by atoms with van der Waals surface area (Å²) in [6.45, 7) is 0. The zero-order valence-electron chi connectivity index (χ0n) is 14.5. The van der Waals surface area contributed by atoms with Gasteiger partial charge in [-0.3, -0.25) is 4.79 Å². The normalized spacial score (nSPS) is 10.6. The zero-order chi connectivity index (χ0) is 19.3. The van der Waals surface area contributed by atoms with E-state index in [0.29, 0.717) is 16.3 Å². The number of rotatable bonds is 5. The molecule has 0 unspecified atom stereocenters. The van der Waals surface area contributed by atoms with E-state index in [-0.39, 0.29) is 5.91 Å². The average molecular weight is 408 g/mol. The van der Waals surface area contributed by atoms with Gasteiger partial charge in [0.1, 0.15) is 10.1 Å². The summed E-state index contributed by atoms with van der Waals surface area (Å²) in [5.41, 5.74) is 1.87. The number of pyridine rings is 2. The van der Waals surface area contributed by atoms with Gasteiger partial charge in [-0.2, -0.15) is 5.10 Å². The highest BCUT2D eigenvalue weighted by molar-refractivity contribution is 7.99. The van der Waals surface area contributed by atoms with E-state index in [2.05, 4.69) is 20.4 Å². The van der Waals surface area contributed by atoms with Crippen LogP contribution in [0.25, 0.3) is 5.69 Å². The molecule has 0 aliphatic carbocycles. The molecule has 0 spiro atoms. The molecule has 1 N–H and O–H groups in total. The van der Waals surface area contributed by atoms with Crippen LogP contribution in [0.4, 0.5) is 5.69 Å². The van der Waals surface area contributed by atoms with Crippen molar-refractivity contribution in [1.82, 2.24) is 19.7 Å². The van der Waals surface area contributed by atoms with E-state index in [1.165, 1.54) is 18.0 Å². The molecule has 3 aromatic heterocycles. The molecular weight excluding hydrogens is 394 g/mol. The van der Waals surface area contributed by atoms with Crippen molar-refractivity contribution >= 4 is 35.0 Å². The van der Waals surface area contributed by atoms with E-state index in [1.54, 1.807) is 47.5 Å². The Kier molecular flexibility index (Phi) is 5.36. The minimum Gasteiger partial charge on any atom is -0.322 e. The molecule has 0 saturated carbocycles. The van der Waals surface area contributed by atoms with Crippen molar-refractivity contribution in [2.24, 2.45) is 0 Å². The lowest BCUT2D eigenvalue weighted by Crippen LogP contribution is -2.11. The molecule has 138 valence electrons. The second kappa shape index (κ2) is 8.24. The van der Waals surface area contributed by atoms with Crippen molar-refractivity contribution in [1.29, 1.82) is 0 Å². The molecular formula is C20H14ClN5OS. The van der Waals surface area contributed by atoms with E-state index in [9.17, 15) is 4.79 Å². The smallest absolute Gasteiger partial charge is 0.258 e. The number of nitrogens with one attached hydrogen (secondary N) is 1. The Morgan fingerprint density at radius 1 is 1.00 bits per heavy atom. The van der Waals surface area contributed by atoms with E-state index in [4.69, 9.17) is 11.6 Å². The fourth-order valence-corrected chi connectivity index (χ4v) is 3.42. The van der Waals surface area contributed by atoms with Crippen LogP contribution in [-0.4, -0.2) is 25.7 Å². The maximum Gasteiger partial charge on any atom is 0.258 e. The SMILES string of the molecule is O=C(Nc1ccnc(Sc2ccccn2)c1)c1cnn(-c2cccc(Cl)c2)c1. The van der Waals surface area contributed by atoms with Crippen LogP contribution >= 0.6 is 23.4 Å². The van der Waals surface area contributed by atoms with E-state index in [0.717, 1.165) is 15.7 Å². The van der Waals surface area contributed by atoms with Gasteiger partial charge in [-0.15, -0.1) is 0 Å². The van der Waals surface area contributed by atoms with E-state index in [1.807, 2.05) is 30.3 Å². The van der Waals surface area contributed by atoms with Gasteiger partial charge >= 0.3 is 0 Å². The molecule has 0 aliphatic heterocycles. The minimum atomic E-state index is -0.256. The molecule has 0 aliphatic rings. The third-order valence-electron chi connectivity index (χ3n) is 3.76. The topological polar surface area (TPSA) is 72.7 Å². The fourth-order valence-electron chi connectivity index (χ4n) is 2.46. The van der Waals surface area contributed by atoms with Gasteiger partial charge in [0.05, 0.1) is 17.4 Å². The van der Waals surface area contributed by atoms with Crippen LogP contribution in [-0.2, 0) is 0 Å². The first-order chi connectivity index (χ1) is 13.7. The molecule has 8 heteroatoms. The lowest BCUT2D eigenvalue weighted by molar-refractivity contribution is 0.102. The summed E-state index contributed by atoms with van der Waals surface area (Å²) in [5, 5.41) is 9.29. The van der Waals surface area contributed by atoms with Crippen molar-refractivity contribution in [3.05, 3.63) is 90.0 Å². The summed E-state index contributed by atoms with van der Waals surface area (Å²) in [6.07, 6.45) is 6.55. The van der Waals surface area contributed by atoms with Crippen LogP contribution in [0, 0.1) is 0 Å². The van der Waals surface area contributed by atoms with Gasteiger partial charge in [0.2, 0.25) is 0 Å². The third-order valence-corrected chi connectivity index (χ3v) is 4.88. The van der Waals surface area contributed by atoms with Crippen LogP contribution < -0.4 is 5.32 Å². The number of nitrogens with zero attached hydrogens (tertiary/aromatic N) is 4. The highest BCUT2D eigenvalue weighted by atomic mass is 35.5. The van der Waals surface area contributed by atoms with Gasteiger partial charge in [-0.05, 0) is 42.5 Å². The van der Waals surface area contributed by atoms with Crippen molar-refractivity contribution in [3.8, 4) is 5.69 Å². The highest BCUT2D eigenvalue weighted by Gasteiger charge is 2.11. The maximum atomic E-state index is 12.6. The monoisotopic (exact) mass is 407 g/mol. The Bertz CT molecular complexity index is 1120. The molecule has 6 nitrogen and oxygen atoms in total. The molecule has 0 saturated heterocycles. The Morgan fingerprint density at radius 2 is 1.89 bits per heavy atom. The van der Waals surface area contributed by atoms with Crippen molar-refractivity contribution in [3.63, 3.8) is 0 Å². The number of hydrogen-bond donors (Lipinski definition) is 1. The summed E-state index contributed by atoms with van der Waals surface area (Å²) in [7, 11) is 0. The molecule has 3 heterocycles. The Hall–Kier alpha value is -3.16. The van der Waals surface area contributed by atoms with Gasteiger partial charge in [0.15, 0.2) is 0 Å². The predicted molar refractivity (Wildman–Crippen MR) is 109 cm³/mol. The predicted octanol–water partition coefficient (Wildman–Crippen LogP) is 4.72. The summed E-state index contributed by atoms with van der Waals surface area (Å²) in [4.78, 5) is 21.1. The average Bonchev–Trinajstić information content (AvgIpc) is 3.20.